The van der Waals surface area contributed by atoms with Crippen molar-refractivity contribution in [1.29, 1.82) is 0 Å². The minimum Gasteiger partial charge on any atom is -0.465 e. The zero-order valence-electron chi connectivity index (χ0n) is 23.5. The lowest BCUT2D eigenvalue weighted by molar-refractivity contribution is -0.126. The number of morpholine rings is 1. The molecule has 3 aromatic rings. The lowest BCUT2D eigenvalue weighted by Gasteiger charge is -2.33. The first kappa shape index (κ1) is 30.9. The van der Waals surface area contributed by atoms with Crippen LogP contribution in [0.3, 0.4) is 0 Å². The topological polar surface area (TPSA) is 90.9 Å². The first-order valence-electron chi connectivity index (χ1n) is 13.9. The van der Waals surface area contributed by atoms with Crippen molar-refractivity contribution < 1.29 is 19.4 Å². The minimum absolute atomic E-state index is 0.0523. The van der Waals surface area contributed by atoms with E-state index in [1.165, 1.54) is 11.9 Å². The number of carboxylic acid groups (broad SMARTS) is 1. The van der Waals surface area contributed by atoms with Gasteiger partial charge in [-0.05, 0) is 54.7 Å². The van der Waals surface area contributed by atoms with Crippen LogP contribution in [0.25, 0.3) is 0 Å². The molecule has 0 spiro atoms. The second kappa shape index (κ2) is 15.3. The Morgan fingerprint density at radius 3 is 2.29 bits per heavy atom. The van der Waals surface area contributed by atoms with Crippen LogP contribution in [0, 0.1) is 6.92 Å². The first-order valence-corrected chi connectivity index (χ1v) is 15.3. The Morgan fingerprint density at radius 2 is 1.68 bits per heavy atom. The molecule has 1 saturated heterocycles. The number of carbonyl (C=O) groups is 2. The number of nitrogens with one attached hydrogen (secondary N) is 2. The van der Waals surface area contributed by atoms with Crippen molar-refractivity contribution >= 4 is 35.4 Å². The number of rotatable bonds is 12. The Hall–Kier alpha value is -3.04. The summed E-state index contributed by atoms with van der Waals surface area (Å²) in [5, 5.41) is 17.1. The number of hydrogen-bond donors (Lipinski definition) is 3. The van der Waals surface area contributed by atoms with Crippen LogP contribution in [0.15, 0.2) is 83.8 Å². The quantitative estimate of drug-likeness (QED) is 0.181. The lowest BCUT2D eigenvalue weighted by Crippen LogP contribution is -2.51. The molecule has 7 nitrogen and oxygen atoms in total. The van der Waals surface area contributed by atoms with Gasteiger partial charge in [0.15, 0.2) is 0 Å². The van der Waals surface area contributed by atoms with Crippen LogP contribution in [-0.2, 0) is 9.53 Å². The average Bonchev–Trinajstić information content (AvgIpc) is 2.98. The van der Waals surface area contributed by atoms with Crippen LogP contribution in [0.1, 0.15) is 35.4 Å². The number of carbonyl (C=O) groups excluding carboxylic acids is 1. The highest BCUT2D eigenvalue weighted by atomic mass is 35.5. The molecule has 0 aromatic heterocycles. The summed E-state index contributed by atoms with van der Waals surface area (Å²) in [6.07, 6.45) is 0.501. The van der Waals surface area contributed by atoms with Crippen molar-refractivity contribution in [2.75, 3.05) is 32.4 Å². The molecule has 3 N–H and O–H groups in total. The van der Waals surface area contributed by atoms with Crippen LogP contribution in [0.5, 0.6) is 0 Å². The summed E-state index contributed by atoms with van der Waals surface area (Å²) in [6.45, 7) is 4.06. The zero-order valence-corrected chi connectivity index (χ0v) is 25.0. The van der Waals surface area contributed by atoms with Gasteiger partial charge in [0.05, 0.1) is 12.2 Å². The molecule has 1 fully saturated rings. The van der Waals surface area contributed by atoms with Crippen molar-refractivity contribution in [3.8, 4) is 0 Å². The van der Waals surface area contributed by atoms with E-state index in [0.29, 0.717) is 6.54 Å². The van der Waals surface area contributed by atoms with Crippen LogP contribution < -0.4 is 10.6 Å². The fourth-order valence-corrected chi connectivity index (χ4v) is 6.43. The van der Waals surface area contributed by atoms with Crippen molar-refractivity contribution in [2.24, 2.45) is 0 Å². The van der Waals surface area contributed by atoms with Crippen LogP contribution in [0.4, 0.5) is 4.79 Å². The zero-order chi connectivity index (χ0) is 29.2. The summed E-state index contributed by atoms with van der Waals surface area (Å²) in [5.41, 5.74) is 2.92. The molecule has 3 aromatic carbocycles. The van der Waals surface area contributed by atoms with E-state index < -0.39 is 18.1 Å². The van der Waals surface area contributed by atoms with E-state index in [1.54, 1.807) is 11.8 Å². The fourth-order valence-electron chi connectivity index (χ4n) is 5.19. The summed E-state index contributed by atoms with van der Waals surface area (Å²) in [5.74, 6) is 0.0709. The molecule has 0 saturated carbocycles. The molecule has 41 heavy (non-hydrogen) atoms. The predicted octanol–water partition coefficient (Wildman–Crippen LogP) is 5.80. The number of likely N-dealkylation sites (N-methyl/N-ethyl adjacent to an activating group) is 1. The van der Waals surface area contributed by atoms with E-state index in [2.05, 4.69) is 17.6 Å². The monoisotopic (exact) mass is 595 g/mol. The maximum absolute atomic E-state index is 13.6. The van der Waals surface area contributed by atoms with Gasteiger partial charge in [-0.2, -0.15) is 0 Å². The minimum atomic E-state index is -1.15. The maximum Gasteiger partial charge on any atom is 0.407 e. The first-order chi connectivity index (χ1) is 19.8. The third-order valence-electron chi connectivity index (χ3n) is 7.31. The molecule has 4 rings (SSSR count). The molecule has 218 valence electrons. The molecule has 0 bridgehead atoms. The van der Waals surface area contributed by atoms with Gasteiger partial charge in [-0.1, -0.05) is 72.3 Å². The number of benzene rings is 3. The maximum atomic E-state index is 13.6. The second-order valence-electron chi connectivity index (χ2n) is 10.3. The number of thioether (sulfide) groups is 1. The smallest absolute Gasteiger partial charge is 0.407 e. The van der Waals surface area contributed by atoms with Crippen LogP contribution >= 0.6 is 23.4 Å². The van der Waals surface area contributed by atoms with Crippen molar-refractivity contribution in [3.05, 3.63) is 101 Å². The predicted molar refractivity (Wildman–Crippen MR) is 165 cm³/mol. The number of nitrogens with zero attached hydrogens (tertiary/aromatic N) is 1. The number of halogens is 1. The van der Waals surface area contributed by atoms with Gasteiger partial charge in [0.2, 0.25) is 5.91 Å². The van der Waals surface area contributed by atoms with Gasteiger partial charge >= 0.3 is 6.09 Å². The molecule has 9 heteroatoms. The molecule has 1 aliphatic heterocycles. The van der Waals surface area contributed by atoms with E-state index in [0.717, 1.165) is 58.3 Å². The number of ether oxygens (including phenoxy) is 1. The Labute approximate surface area is 251 Å². The highest BCUT2D eigenvalue weighted by Gasteiger charge is 2.36. The summed E-state index contributed by atoms with van der Waals surface area (Å²) >= 11 is 7.85. The standard InChI is InChI=1S/C32H38ClN3O4S/c1-22-18-25(33)15-16-28(22)41-21-27-20-34-19-26(40-27)14-9-17-35-31(37)30(36(2)32(38)39)29(23-10-5-3-6-11-23)24-12-7-4-8-13-24/h3-8,10-13,15-16,18,26-27,29-30,34H,9,14,17,19-21H2,1-2H3,(H,35,37)(H,38,39)/t26?,27-,30-/m0/s1. The molecule has 0 aliphatic carbocycles. The van der Waals surface area contributed by atoms with Gasteiger partial charge in [0.1, 0.15) is 6.04 Å². The van der Waals surface area contributed by atoms with Gasteiger partial charge in [-0.15, -0.1) is 11.8 Å². The van der Waals surface area contributed by atoms with E-state index >= 15 is 0 Å². The van der Waals surface area contributed by atoms with E-state index in [4.69, 9.17) is 16.3 Å². The third-order valence-corrected chi connectivity index (χ3v) is 8.86. The van der Waals surface area contributed by atoms with Crippen LogP contribution in [-0.4, -0.2) is 72.7 Å². The molecular weight excluding hydrogens is 558 g/mol. The highest BCUT2D eigenvalue weighted by molar-refractivity contribution is 7.99. The van der Waals surface area contributed by atoms with E-state index in [-0.39, 0.29) is 18.1 Å². The summed E-state index contributed by atoms with van der Waals surface area (Å²) < 4.78 is 6.34. The Balaban J connectivity index is 1.33. The molecular formula is C32H38ClN3O4S. The fraction of sp³-hybridized carbons (Fsp3) is 0.375. The third kappa shape index (κ3) is 8.72. The van der Waals surface area contributed by atoms with Gasteiger partial charge < -0.3 is 20.5 Å². The number of hydrogen-bond acceptors (Lipinski definition) is 5. The van der Waals surface area contributed by atoms with Crippen molar-refractivity contribution in [2.45, 2.75) is 48.8 Å². The van der Waals surface area contributed by atoms with Gasteiger partial charge in [-0.25, -0.2) is 4.79 Å². The summed E-state index contributed by atoms with van der Waals surface area (Å²) in [6, 6.07) is 24.2. The summed E-state index contributed by atoms with van der Waals surface area (Å²) in [7, 11) is 1.46. The Kier molecular flexibility index (Phi) is 11.5. The van der Waals surface area contributed by atoms with Gasteiger partial charge in [0.25, 0.3) is 0 Å². The molecule has 3 atom stereocenters. The number of amides is 2. The Bertz CT molecular complexity index is 1240. The molecule has 1 aliphatic rings. The average molecular weight is 596 g/mol. The van der Waals surface area contributed by atoms with Crippen molar-refractivity contribution in [3.63, 3.8) is 0 Å². The largest absolute Gasteiger partial charge is 0.465 e. The highest BCUT2D eigenvalue weighted by Crippen LogP contribution is 2.31. The molecule has 2 amide bonds. The molecule has 1 heterocycles. The molecule has 1 unspecified atom stereocenters. The molecule has 0 radical (unpaired) electrons. The number of aryl methyl sites for hydroxylation is 1. The van der Waals surface area contributed by atoms with Gasteiger partial charge in [0, 0.05) is 48.3 Å². The van der Waals surface area contributed by atoms with Crippen molar-refractivity contribution in [1.82, 2.24) is 15.5 Å². The van der Waals surface area contributed by atoms with E-state index in [1.807, 2.05) is 78.9 Å². The Morgan fingerprint density at radius 1 is 1.05 bits per heavy atom. The summed E-state index contributed by atoms with van der Waals surface area (Å²) in [4.78, 5) is 28.0. The second-order valence-corrected chi connectivity index (χ2v) is 11.8. The van der Waals surface area contributed by atoms with Crippen LogP contribution in [0.2, 0.25) is 5.02 Å². The van der Waals surface area contributed by atoms with E-state index in [9.17, 15) is 14.7 Å². The lowest BCUT2D eigenvalue weighted by atomic mass is 9.84. The van der Waals surface area contributed by atoms with Gasteiger partial charge in [-0.3, -0.25) is 9.69 Å². The SMILES string of the molecule is Cc1cc(Cl)ccc1SC[C@@H]1CNCC(CCCNC(=O)[C@H](C(c2ccccc2)c2ccccc2)N(C)C(=O)O)O1. The normalized spacial score (nSPS) is 17.7.